The number of amides is 2. The minimum atomic E-state index is -0.790. The van der Waals surface area contributed by atoms with E-state index in [0.29, 0.717) is 42.7 Å². The van der Waals surface area contributed by atoms with Gasteiger partial charge in [-0.25, -0.2) is 4.68 Å². The van der Waals surface area contributed by atoms with Crippen LogP contribution in [0.2, 0.25) is 0 Å². The van der Waals surface area contributed by atoms with E-state index in [1.165, 1.54) is 0 Å². The van der Waals surface area contributed by atoms with Gasteiger partial charge in [0.1, 0.15) is 0 Å². The Morgan fingerprint density at radius 1 is 1.00 bits per heavy atom. The molecule has 5 rings (SSSR count). The first-order valence-corrected chi connectivity index (χ1v) is 15.7. The van der Waals surface area contributed by atoms with Crippen molar-refractivity contribution in [3.05, 3.63) is 123 Å². The van der Waals surface area contributed by atoms with Gasteiger partial charge in [-0.15, -0.1) is 0 Å². The van der Waals surface area contributed by atoms with Gasteiger partial charge in [0.15, 0.2) is 5.76 Å². The zero-order valence-electron chi connectivity index (χ0n) is 26.6. The summed E-state index contributed by atoms with van der Waals surface area (Å²) in [5.41, 5.74) is 10.5. The molecule has 2 heterocycles. The Morgan fingerprint density at radius 3 is 2.43 bits per heavy atom. The Bertz CT molecular complexity index is 1780. The number of aromatic nitrogens is 2. The summed E-state index contributed by atoms with van der Waals surface area (Å²) in [5.74, 6) is -0.938. The van der Waals surface area contributed by atoms with Crippen LogP contribution in [0.5, 0.6) is 0 Å². The highest BCUT2D eigenvalue weighted by molar-refractivity contribution is 5.93. The standard InChI is InChI=1S/C36H41N5O6/c1-24-34(36(45)41(40(24)2)28-10-4-3-5-11-28)27-20-31(47-33(21-27)46-23-26-17-15-25(22-42)16-18-26)35(44)38-19-9-8-14-32(43)39-30-13-7-6-12-29(30)37/h3-7,10-13,15-18,20,27,33,42H,8-9,14,19,21-23,37H2,1-2H3,(H,38,44)(H,39,43)/t27-,33+/m0/s1. The van der Waals surface area contributed by atoms with Crippen LogP contribution in [0.1, 0.15) is 54.0 Å². The molecule has 0 aliphatic carbocycles. The number of hydrogen-bond acceptors (Lipinski definition) is 7. The van der Waals surface area contributed by atoms with Crippen LogP contribution in [0, 0.1) is 6.92 Å². The van der Waals surface area contributed by atoms with Crippen molar-refractivity contribution in [3.8, 4) is 5.69 Å². The van der Waals surface area contributed by atoms with Crippen molar-refractivity contribution in [3.63, 3.8) is 0 Å². The maximum absolute atomic E-state index is 13.8. The van der Waals surface area contributed by atoms with E-state index in [1.807, 2.05) is 73.3 Å². The average molecular weight is 640 g/mol. The third-order valence-corrected chi connectivity index (χ3v) is 8.24. The number of para-hydroxylation sites is 3. The number of carbonyl (C=O) groups excluding carboxylic acids is 2. The lowest BCUT2D eigenvalue weighted by molar-refractivity contribution is -0.150. The number of anilines is 2. The number of carbonyl (C=O) groups is 2. The van der Waals surface area contributed by atoms with Crippen molar-refractivity contribution in [2.24, 2.45) is 7.05 Å². The SMILES string of the molecule is Cc1c([C@H]2C=C(C(=O)NCCCCC(=O)Nc3ccccc3N)O[C@@H](OCc3ccc(CO)cc3)C2)c(=O)n(-c2ccccc2)n1C. The fourth-order valence-corrected chi connectivity index (χ4v) is 5.59. The molecule has 3 aromatic carbocycles. The van der Waals surface area contributed by atoms with Crippen molar-refractivity contribution < 1.29 is 24.2 Å². The zero-order chi connectivity index (χ0) is 33.3. The first-order valence-electron chi connectivity index (χ1n) is 15.7. The quantitative estimate of drug-likeness (QED) is 0.125. The number of nitrogens with zero attached hydrogens (tertiary/aromatic N) is 2. The Morgan fingerprint density at radius 2 is 1.70 bits per heavy atom. The van der Waals surface area contributed by atoms with Gasteiger partial charge in [0.05, 0.1) is 30.3 Å². The van der Waals surface area contributed by atoms with Crippen molar-refractivity contribution in [1.29, 1.82) is 0 Å². The number of benzene rings is 3. The van der Waals surface area contributed by atoms with Crippen molar-refractivity contribution in [2.75, 3.05) is 17.6 Å². The molecule has 1 aliphatic rings. The molecule has 2 amide bonds. The predicted molar refractivity (Wildman–Crippen MR) is 180 cm³/mol. The second-order valence-corrected chi connectivity index (χ2v) is 11.5. The van der Waals surface area contributed by atoms with Gasteiger partial charge in [-0.3, -0.25) is 19.1 Å². The van der Waals surface area contributed by atoms with E-state index in [-0.39, 0.29) is 36.9 Å². The summed E-state index contributed by atoms with van der Waals surface area (Å²) in [6.07, 6.45) is 2.65. The molecule has 1 aromatic heterocycles. The fourth-order valence-electron chi connectivity index (χ4n) is 5.59. The number of ether oxygens (including phenoxy) is 2. The molecule has 0 bridgehead atoms. The molecule has 11 heteroatoms. The topological polar surface area (TPSA) is 150 Å². The molecule has 0 saturated heterocycles. The third kappa shape index (κ3) is 8.18. The van der Waals surface area contributed by atoms with Gasteiger partial charge in [0.2, 0.25) is 12.2 Å². The summed E-state index contributed by atoms with van der Waals surface area (Å²) < 4.78 is 15.6. The predicted octanol–water partition coefficient (Wildman–Crippen LogP) is 4.41. The maximum Gasteiger partial charge on any atom is 0.286 e. The first-order chi connectivity index (χ1) is 22.7. The van der Waals surface area contributed by atoms with E-state index < -0.39 is 18.1 Å². The van der Waals surface area contributed by atoms with Crippen LogP contribution >= 0.6 is 0 Å². The van der Waals surface area contributed by atoms with Crippen LogP contribution in [0.3, 0.4) is 0 Å². The lowest BCUT2D eigenvalue weighted by atomic mass is 9.93. The van der Waals surface area contributed by atoms with Gasteiger partial charge < -0.3 is 30.9 Å². The summed E-state index contributed by atoms with van der Waals surface area (Å²) in [5, 5.41) is 15.0. The van der Waals surface area contributed by atoms with E-state index in [2.05, 4.69) is 10.6 Å². The molecule has 1 aliphatic heterocycles. The molecule has 0 radical (unpaired) electrons. The van der Waals surface area contributed by atoms with Crippen LogP contribution in [0.4, 0.5) is 11.4 Å². The Balaban J connectivity index is 1.27. The van der Waals surface area contributed by atoms with Crippen molar-refractivity contribution >= 4 is 23.2 Å². The van der Waals surface area contributed by atoms with Gasteiger partial charge in [-0.2, -0.15) is 0 Å². The largest absolute Gasteiger partial charge is 0.459 e. The van der Waals surface area contributed by atoms with Gasteiger partial charge in [-0.05, 0) is 61.2 Å². The zero-order valence-corrected chi connectivity index (χ0v) is 26.6. The van der Waals surface area contributed by atoms with Gasteiger partial charge in [0.25, 0.3) is 11.5 Å². The minimum Gasteiger partial charge on any atom is -0.459 e. The number of nitrogens with one attached hydrogen (secondary N) is 2. The summed E-state index contributed by atoms with van der Waals surface area (Å²) in [4.78, 5) is 39.5. The lowest BCUT2D eigenvalue weighted by Gasteiger charge is -2.29. The average Bonchev–Trinajstić information content (AvgIpc) is 3.31. The summed E-state index contributed by atoms with van der Waals surface area (Å²) in [6, 6.07) is 23.8. The first kappa shape index (κ1) is 33.2. The summed E-state index contributed by atoms with van der Waals surface area (Å²) >= 11 is 0. The molecule has 0 spiro atoms. The van der Waals surface area contributed by atoms with Crippen LogP contribution in [-0.2, 0) is 39.3 Å². The monoisotopic (exact) mass is 639 g/mol. The number of aliphatic hydroxyl groups is 1. The normalized spacial score (nSPS) is 15.9. The van der Waals surface area contributed by atoms with E-state index in [4.69, 9.17) is 15.2 Å². The van der Waals surface area contributed by atoms with E-state index in [0.717, 1.165) is 22.5 Å². The summed E-state index contributed by atoms with van der Waals surface area (Å²) in [7, 11) is 1.84. The Kier molecular flexibility index (Phi) is 10.9. The number of unbranched alkanes of at least 4 members (excludes halogenated alkanes) is 1. The van der Waals surface area contributed by atoms with Crippen molar-refractivity contribution in [2.45, 2.75) is 58.0 Å². The van der Waals surface area contributed by atoms with E-state index in [1.54, 1.807) is 35.0 Å². The number of aliphatic hydroxyl groups excluding tert-OH is 1. The molecule has 0 unspecified atom stereocenters. The molecule has 4 aromatic rings. The number of nitrogen functional groups attached to an aromatic ring is 1. The molecular weight excluding hydrogens is 598 g/mol. The second kappa shape index (κ2) is 15.4. The fraction of sp³-hybridized carbons (Fsp3) is 0.306. The second-order valence-electron chi connectivity index (χ2n) is 11.5. The number of allylic oxidation sites excluding steroid dienone is 1. The Labute approximate surface area is 273 Å². The molecular formula is C36H41N5O6. The Hall–Kier alpha value is -5.13. The van der Waals surface area contributed by atoms with E-state index >= 15 is 0 Å². The van der Waals surface area contributed by atoms with Crippen LogP contribution in [0.15, 0.2) is 95.5 Å². The molecule has 0 fully saturated rings. The van der Waals surface area contributed by atoms with Crippen LogP contribution < -0.4 is 21.9 Å². The molecule has 246 valence electrons. The van der Waals surface area contributed by atoms with Gasteiger partial charge in [0, 0.05) is 43.6 Å². The highest BCUT2D eigenvalue weighted by Gasteiger charge is 2.33. The molecule has 0 saturated carbocycles. The summed E-state index contributed by atoms with van der Waals surface area (Å²) in [6.45, 7) is 2.39. The number of nitrogens with two attached hydrogens (primary N) is 1. The molecule has 2 atom stereocenters. The highest BCUT2D eigenvalue weighted by atomic mass is 16.7. The smallest absolute Gasteiger partial charge is 0.286 e. The van der Waals surface area contributed by atoms with Gasteiger partial charge >= 0.3 is 0 Å². The van der Waals surface area contributed by atoms with Crippen molar-refractivity contribution in [1.82, 2.24) is 14.7 Å². The van der Waals surface area contributed by atoms with Gasteiger partial charge in [-0.1, -0.05) is 54.6 Å². The highest BCUT2D eigenvalue weighted by Crippen LogP contribution is 2.32. The third-order valence-electron chi connectivity index (χ3n) is 8.24. The molecule has 47 heavy (non-hydrogen) atoms. The van der Waals surface area contributed by atoms with Crippen LogP contribution in [0.25, 0.3) is 5.69 Å². The van der Waals surface area contributed by atoms with Crippen LogP contribution in [-0.4, -0.2) is 39.1 Å². The van der Waals surface area contributed by atoms with E-state index in [9.17, 15) is 19.5 Å². The number of rotatable bonds is 13. The lowest BCUT2D eigenvalue weighted by Crippen LogP contribution is -2.34. The molecule has 11 nitrogen and oxygen atoms in total. The maximum atomic E-state index is 13.8. The molecule has 5 N–H and O–H groups in total. The number of hydrogen-bond donors (Lipinski definition) is 4. The minimum absolute atomic E-state index is 0.0508.